The number of hydrogen-bond donors (Lipinski definition) is 1. The number of amides is 1. The van der Waals surface area contributed by atoms with Crippen LogP contribution in [0.5, 0.6) is 5.75 Å². The minimum atomic E-state index is -0.0831. The summed E-state index contributed by atoms with van der Waals surface area (Å²) in [5, 5.41) is 11.2. The van der Waals surface area contributed by atoms with Gasteiger partial charge in [0.15, 0.2) is 0 Å². The summed E-state index contributed by atoms with van der Waals surface area (Å²) in [7, 11) is 1.61. The topological polar surface area (TPSA) is 86.5 Å². The van der Waals surface area contributed by atoms with Crippen molar-refractivity contribution in [1.29, 1.82) is 0 Å². The van der Waals surface area contributed by atoms with E-state index >= 15 is 0 Å². The summed E-state index contributed by atoms with van der Waals surface area (Å²) in [4.78, 5) is 12.0. The number of rotatable bonds is 11. The van der Waals surface area contributed by atoms with E-state index < -0.39 is 0 Å². The van der Waals surface area contributed by atoms with Crippen LogP contribution in [0.15, 0.2) is 64.2 Å². The van der Waals surface area contributed by atoms with Gasteiger partial charge in [-0.05, 0) is 43.2 Å². The van der Waals surface area contributed by atoms with E-state index in [0.717, 1.165) is 23.3 Å². The van der Waals surface area contributed by atoms with Crippen molar-refractivity contribution < 1.29 is 18.7 Å². The number of carbonyl (C=O) groups is 1. The standard InChI is InChI=1S/C22H25N3O4S/c1-16(17-7-4-3-5-8-17)28-14-6-13-23-20(26)15-30-22-25-24-21(29-22)18-9-11-19(27-2)12-10-18/h3-5,7-12,16H,6,13-15H2,1-2H3,(H,23,26). The Balaban J connectivity index is 1.32. The van der Waals surface area contributed by atoms with Crippen molar-refractivity contribution in [1.82, 2.24) is 15.5 Å². The van der Waals surface area contributed by atoms with Crippen LogP contribution in [-0.4, -0.2) is 42.1 Å². The highest BCUT2D eigenvalue weighted by atomic mass is 32.2. The van der Waals surface area contributed by atoms with E-state index in [2.05, 4.69) is 15.5 Å². The number of hydrogen-bond acceptors (Lipinski definition) is 7. The Bertz CT molecular complexity index is 916. The van der Waals surface area contributed by atoms with Gasteiger partial charge in [0.05, 0.1) is 19.0 Å². The number of benzene rings is 2. The first kappa shape index (κ1) is 21.9. The molecular formula is C22H25N3O4S. The fraction of sp³-hybridized carbons (Fsp3) is 0.318. The van der Waals surface area contributed by atoms with E-state index in [4.69, 9.17) is 13.9 Å². The summed E-state index contributed by atoms with van der Waals surface area (Å²) >= 11 is 1.21. The molecule has 0 fully saturated rings. The van der Waals surface area contributed by atoms with E-state index in [-0.39, 0.29) is 17.8 Å². The Hall–Kier alpha value is -2.84. The zero-order valence-corrected chi connectivity index (χ0v) is 17.9. The van der Waals surface area contributed by atoms with Crippen LogP contribution in [-0.2, 0) is 9.53 Å². The summed E-state index contributed by atoms with van der Waals surface area (Å²) in [6, 6.07) is 17.4. The third-order valence-electron chi connectivity index (χ3n) is 4.35. The van der Waals surface area contributed by atoms with Gasteiger partial charge in [0.1, 0.15) is 5.75 Å². The van der Waals surface area contributed by atoms with Crippen LogP contribution in [0, 0.1) is 0 Å². The summed E-state index contributed by atoms with van der Waals surface area (Å²) in [6.45, 7) is 3.16. The van der Waals surface area contributed by atoms with Gasteiger partial charge < -0.3 is 19.2 Å². The highest BCUT2D eigenvalue weighted by Crippen LogP contribution is 2.24. The molecule has 3 rings (SSSR count). The third-order valence-corrected chi connectivity index (χ3v) is 5.17. The molecule has 0 spiro atoms. The van der Waals surface area contributed by atoms with Crippen molar-refractivity contribution in [2.24, 2.45) is 0 Å². The summed E-state index contributed by atoms with van der Waals surface area (Å²) in [6.07, 6.45) is 0.783. The molecule has 0 aliphatic carbocycles. The Morgan fingerprint density at radius 3 is 2.63 bits per heavy atom. The lowest BCUT2D eigenvalue weighted by molar-refractivity contribution is -0.118. The molecule has 0 aliphatic heterocycles. The van der Waals surface area contributed by atoms with Crippen molar-refractivity contribution >= 4 is 17.7 Å². The first-order valence-electron chi connectivity index (χ1n) is 9.69. The van der Waals surface area contributed by atoms with Crippen molar-refractivity contribution in [2.75, 3.05) is 26.0 Å². The second kappa shape index (κ2) is 11.4. The predicted molar refractivity (Wildman–Crippen MR) is 115 cm³/mol. The number of aromatic nitrogens is 2. The fourth-order valence-corrected chi connectivity index (χ4v) is 3.27. The first-order chi connectivity index (χ1) is 14.7. The maximum atomic E-state index is 12.0. The molecule has 3 aromatic rings. The molecule has 1 unspecified atom stereocenters. The molecule has 7 nitrogen and oxygen atoms in total. The molecule has 1 amide bonds. The van der Waals surface area contributed by atoms with Crippen molar-refractivity contribution in [2.45, 2.75) is 24.7 Å². The Kier molecular flexibility index (Phi) is 8.29. The van der Waals surface area contributed by atoms with Crippen molar-refractivity contribution in [3.8, 4) is 17.2 Å². The maximum Gasteiger partial charge on any atom is 0.277 e. The average Bonchev–Trinajstić information content (AvgIpc) is 3.27. The third kappa shape index (κ3) is 6.60. The van der Waals surface area contributed by atoms with Crippen LogP contribution in [0.2, 0.25) is 0 Å². The van der Waals surface area contributed by atoms with Crippen LogP contribution < -0.4 is 10.1 Å². The predicted octanol–water partition coefficient (Wildman–Crippen LogP) is 4.12. The number of ether oxygens (including phenoxy) is 2. The molecule has 30 heavy (non-hydrogen) atoms. The van der Waals surface area contributed by atoms with Gasteiger partial charge in [0, 0.05) is 18.7 Å². The van der Waals surface area contributed by atoms with E-state index in [1.807, 2.05) is 61.5 Å². The highest BCUT2D eigenvalue weighted by Gasteiger charge is 2.11. The Morgan fingerprint density at radius 1 is 1.13 bits per heavy atom. The van der Waals surface area contributed by atoms with E-state index in [0.29, 0.717) is 24.3 Å². The minimum absolute atomic E-state index is 0.0369. The zero-order valence-electron chi connectivity index (χ0n) is 17.0. The van der Waals surface area contributed by atoms with Crippen molar-refractivity contribution in [3.63, 3.8) is 0 Å². The smallest absolute Gasteiger partial charge is 0.277 e. The second-order valence-electron chi connectivity index (χ2n) is 6.52. The average molecular weight is 428 g/mol. The van der Waals surface area contributed by atoms with Crippen LogP contribution in [0.25, 0.3) is 11.5 Å². The van der Waals surface area contributed by atoms with Gasteiger partial charge in [-0.15, -0.1) is 10.2 Å². The maximum absolute atomic E-state index is 12.0. The van der Waals surface area contributed by atoms with Gasteiger partial charge >= 0.3 is 0 Å². The Morgan fingerprint density at radius 2 is 1.90 bits per heavy atom. The fourth-order valence-electron chi connectivity index (χ4n) is 2.68. The number of methoxy groups -OCH3 is 1. The van der Waals surface area contributed by atoms with Crippen LogP contribution >= 0.6 is 11.8 Å². The second-order valence-corrected chi connectivity index (χ2v) is 7.44. The summed E-state index contributed by atoms with van der Waals surface area (Å²) in [5.74, 6) is 1.29. The molecule has 8 heteroatoms. The molecule has 0 radical (unpaired) electrons. The van der Waals surface area contributed by atoms with Gasteiger partial charge in [0.25, 0.3) is 5.22 Å². The summed E-state index contributed by atoms with van der Waals surface area (Å²) < 4.78 is 16.5. The molecule has 0 saturated heterocycles. The molecule has 1 aromatic heterocycles. The van der Waals surface area contributed by atoms with Gasteiger partial charge in [-0.3, -0.25) is 4.79 Å². The molecule has 0 saturated carbocycles. The number of nitrogens with zero attached hydrogens (tertiary/aromatic N) is 2. The minimum Gasteiger partial charge on any atom is -0.497 e. The Labute approximate surface area is 180 Å². The molecule has 1 N–H and O–H groups in total. The largest absolute Gasteiger partial charge is 0.497 e. The van der Waals surface area contributed by atoms with Crippen molar-refractivity contribution in [3.05, 3.63) is 60.2 Å². The number of thioether (sulfide) groups is 1. The van der Waals surface area contributed by atoms with Gasteiger partial charge in [-0.25, -0.2) is 0 Å². The summed E-state index contributed by atoms with van der Waals surface area (Å²) in [5.41, 5.74) is 1.94. The lowest BCUT2D eigenvalue weighted by Gasteiger charge is -2.13. The zero-order chi connectivity index (χ0) is 21.2. The van der Waals surface area contributed by atoms with E-state index in [1.54, 1.807) is 7.11 Å². The quantitative estimate of drug-likeness (QED) is 0.364. The number of nitrogens with one attached hydrogen (secondary N) is 1. The highest BCUT2D eigenvalue weighted by molar-refractivity contribution is 7.99. The lowest BCUT2D eigenvalue weighted by atomic mass is 10.1. The molecule has 2 aromatic carbocycles. The molecular weight excluding hydrogens is 402 g/mol. The van der Waals surface area contributed by atoms with Crippen LogP contribution in [0.1, 0.15) is 25.0 Å². The molecule has 1 atom stereocenters. The van der Waals surface area contributed by atoms with Gasteiger partial charge in [-0.1, -0.05) is 42.1 Å². The molecule has 0 bridgehead atoms. The first-order valence-corrected chi connectivity index (χ1v) is 10.7. The monoisotopic (exact) mass is 427 g/mol. The van der Waals surface area contributed by atoms with E-state index in [9.17, 15) is 4.79 Å². The van der Waals surface area contributed by atoms with Gasteiger partial charge in [0.2, 0.25) is 11.8 Å². The SMILES string of the molecule is COc1ccc(-c2nnc(SCC(=O)NCCCOC(C)c3ccccc3)o2)cc1. The van der Waals surface area contributed by atoms with Crippen LogP contribution in [0.4, 0.5) is 0 Å². The molecule has 0 aliphatic rings. The molecule has 1 heterocycles. The molecule has 158 valence electrons. The van der Waals surface area contributed by atoms with Gasteiger partial charge in [-0.2, -0.15) is 0 Å². The lowest BCUT2D eigenvalue weighted by Crippen LogP contribution is -2.27. The van der Waals surface area contributed by atoms with Crippen LogP contribution in [0.3, 0.4) is 0 Å². The number of carbonyl (C=O) groups excluding carboxylic acids is 1. The van der Waals surface area contributed by atoms with E-state index in [1.165, 1.54) is 11.8 Å². The normalized spacial score (nSPS) is 11.8.